The van der Waals surface area contributed by atoms with E-state index < -0.39 is 15.1 Å². The third-order valence-corrected chi connectivity index (χ3v) is 6.91. The Kier molecular flexibility index (Phi) is 5.09. The van der Waals surface area contributed by atoms with Crippen LogP contribution in [0.2, 0.25) is 0 Å². The minimum absolute atomic E-state index is 0.0201. The molecule has 2 atom stereocenters. The smallest absolute Gasteiger partial charge is 0.233 e. The molecule has 25 heavy (non-hydrogen) atoms. The molecule has 1 fully saturated rings. The van der Waals surface area contributed by atoms with Crippen molar-refractivity contribution in [3.63, 3.8) is 0 Å². The third kappa shape index (κ3) is 4.18. The Hall–Kier alpha value is -1.94. The van der Waals surface area contributed by atoms with Crippen molar-refractivity contribution in [1.82, 2.24) is 25.1 Å². The van der Waals surface area contributed by atoms with Crippen molar-refractivity contribution in [2.45, 2.75) is 29.8 Å². The van der Waals surface area contributed by atoms with Gasteiger partial charge in [-0.05, 0) is 25.5 Å². The van der Waals surface area contributed by atoms with Crippen LogP contribution in [0.25, 0.3) is 11.4 Å². The van der Waals surface area contributed by atoms with Crippen LogP contribution in [0.5, 0.6) is 0 Å². The van der Waals surface area contributed by atoms with Crippen LogP contribution in [0.1, 0.15) is 13.3 Å². The number of carbonyl (C=O) groups is 1. The van der Waals surface area contributed by atoms with Gasteiger partial charge >= 0.3 is 0 Å². The molecule has 3 rings (SSSR count). The first-order valence-electron chi connectivity index (χ1n) is 7.83. The highest BCUT2D eigenvalue weighted by Crippen LogP contribution is 2.25. The molecule has 1 saturated heterocycles. The first kappa shape index (κ1) is 17.9. The summed E-state index contributed by atoms with van der Waals surface area (Å²) in [4.78, 5) is 16.3. The summed E-state index contributed by atoms with van der Waals surface area (Å²) in [7, 11) is -1.17. The molecule has 1 aliphatic heterocycles. The summed E-state index contributed by atoms with van der Waals surface area (Å²) >= 11 is 1.29. The molecule has 10 heteroatoms. The van der Waals surface area contributed by atoms with Crippen molar-refractivity contribution in [2.24, 2.45) is 7.05 Å². The van der Waals surface area contributed by atoms with Crippen molar-refractivity contribution in [3.05, 3.63) is 24.5 Å². The molecule has 0 aromatic carbocycles. The van der Waals surface area contributed by atoms with Gasteiger partial charge in [0.05, 0.1) is 16.8 Å². The van der Waals surface area contributed by atoms with Crippen LogP contribution in [-0.4, -0.2) is 56.9 Å². The Morgan fingerprint density at radius 3 is 2.72 bits per heavy atom. The van der Waals surface area contributed by atoms with E-state index in [-0.39, 0.29) is 23.5 Å². The van der Waals surface area contributed by atoms with E-state index in [0.29, 0.717) is 17.4 Å². The molecule has 1 aliphatic rings. The number of thioether (sulfide) groups is 1. The van der Waals surface area contributed by atoms with Gasteiger partial charge in [-0.25, -0.2) is 8.42 Å². The van der Waals surface area contributed by atoms with E-state index in [0.717, 1.165) is 5.56 Å². The highest BCUT2D eigenvalue weighted by molar-refractivity contribution is 8.00. The van der Waals surface area contributed by atoms with E-state index in [9.17, 15) is 13.2 Å². The van der Waals surface area contributed by atoms with Gasteiger partial charge in [0.15, 0.2) is 20.8 Å². The number of carbonyl (C=O) groups excluding carboxylic acids is 1. The number of rotatable bonds is 5. The summed E-state index contributed by atoms with van der Waals surface area (Å²) in [5, 5.41) is 11.3. The second-order valence-electron chi connectivity index (χ2n) is 5.97. The normalized spacial score (nSPS) is 20.3. The van der Waals surface area contributed by atoms with Crippen LogP contribution in [-0.2, 0) is 21.7 Å². The third-order valence-electron chi connectivity index (χ3n) is 4.00. The van der Waals surface area contributed by atoms with Gasteiger partial charge in [-0.2, -0.15) is 0 Å². The Morgan fingerprint density at radius 2 is 2.08 bits per heavy atom. The minimum atomic E-state index is -3.01. The highest BCUT2D eigenvalue weighted by Gasteiger charge is 2.30. The van der Waals surface area contributed by atoms with Crippen LogP contribution < -0.4 is 5.32 Å². The molecule has 134 valence electrons. The number of sulfone groups is 1. The molecule has 0 bridgehead atoms. The number of pyridine rings is 1. The Morgan fingerprint density at radius 1 is 1.36 bits per heavy atom. The van der Waals surface area contributed by atoms with Crippen molar-refractivity contribution < 1.29 is 13.2 Å². The predicted molar refractivity (Wildman–Crippen MR) is 94.8 cm³/mol. The number of aromatic nitrogens is 4. The fourth-order valence-corrected chi connectivity index (χ4v) is 5.11. The van der Waals surface area contributed by atoms with Crippen LogP contribution in [0.15, 0.2) is 29.7 Å². The van der Waals surface area contributed by atoms with Gasteiger partial charge in [0, 0.05) is 31.0 Å². The van der Waals surface area contributed by atoms with Gasteiger partial charge in [-0.3, -0.25) is 9.78 Å². The SMILES string of the molecule is C[C@@H](Sc1nnc(-c2ccncc2)n1C)C(=O)N[C@H]1CCS(=O)(=O)C1. The summed E-state index contributed by atoms with van der Waals surface area (Å²) in [5.41, 5.74) is 0.894. The first-order valence-corrected chi connectivity index (χ1v) is 10.5. The van der Waals surface area contributed by atoms with Gasteiger partial charge in [0.1, 0.15) is 0 Å². The molecule has 8 nitrogen and oxygen atoms in total. The van der Waals surface area contributed by atoms with Crippen LogP contribution >= 0.6 is 11.8 Å². The zero-order valence-electron chi connectivity index (χ0n) is 13.9. The summed E-state index contributed by atoms with van der Waals surface area (Å²) in [6.07, 6.45) is 3.84. The molecule has 3 heterocycles. The topological polar surface area (TPSA) is 107 Å². The number of hydrogen-bond donors (Lipinski definition) is 1. The van der Waals surface area contributed by atoms with E-state index in [1.165, 1.54) is 11.8 Å². The lowest BCUT2D eigenvalue weighted by Crippen LogP contribution is -2.40. The Labute approximate surface area is 150 Å². The quantitative estimate of drug-likeness (QED) is 0.758. The lowest BCUT2D eigenvalue weighted by molar-refractivity contribution is -0.120. The van der Waals surface area contributed by atoms with Crippen LogP contribution in [0.3, 0.4) is 0 Å². The molecule has 0 spiro atoms. The van der Waals surface area contributed by atoms with Gasteiger partial charge in [-0.1, -0.05) is 11.8 Å². The summed E-state index contributed by atoms with van der Waals surface area (Å²) in [6, 6.07) is 3.39. The lowest BCUT2D eigenvalue weighted by atomic mass is 10.2. The molecule has 0 saturated carbocycles. The highest BCUT2D eigenvalue weighted by atomic mass is 32.2. The molecule has 2 aromatic heterocycles. The number of hydrogen-bond acceptors (Lipinski definition) is 7. The van der Waals surface area contributed by atoms with E-state index in [2.05, 4.69) is 20.5 Å². The maximum Gasteiger partial charge on any atom is 0.233 e. The summed E-state index contributed by atoms with van der Waals surface area (Å²) in [6.45, 7) is 1.77. The fraction of sp³-hybridized carbons (Fsp3) is 0.467. The summed E-state index contributed by atoms with van der Waals surface area (Å²) < 4.78 is 24.8. The molecule has 0 unspecified atom stereocenters. The van der Waals surface area contributed by atoms with E-state index in [1.54, 1.807) is 19.3 Å². The van der Waals surface area contributed by atoms with E-state index in [4.69, 9.17) is 0 Å². The fourth-order valence-electron chi connectivity index (χ4n) is 2.61. The molecular weight excluding hydrogens is 362 g/mol. The molecule has 2 aromatic rings. The zero-order chi connectivity index (χ0) is 18.0. The van der Waals surface area contributed by atoms with E-state index in [1.807, 2.05) is 23.7 Å². The Bertz CT molecular complexity index is 867. The Balaban J connectivity index is 1.64. The number of nitrogens with zero attached hydrogens (tertiary/aromatic N) is 4. The van der Waals surface area contributed by atoms with Gasteiger partial charge in [0.25, 0.3) is 0 Å². The average Bonchev–Trinajstić information content (AvgIpc) is 3.11. The second kappa shape index (κ2) is 7.12. The number of amides is 1. The maximum atomic E-state index is 12.3. The van der Waals surface area contributed by atoms with E-state index >= 15 is 0 Å². The van der Waals surface area contributed by atoms with Crippen molar-refractivity contribution in [2.75, 3.05) is 11.5 Å². The van der Waals surface area contributed by atoms with Crippen LogP contribution in [0.4, 0.5) is 0 Å². The molecular formula is C15H19N5O3S2. The molecule has 0 radical (unpaired) electrons. The van der Waals surface area contributed by atoms with Crippen molar-refractivity contribution >= 4 is 27.5 Å². The van der Waals surface area contributed by atoms with Crippen molar-refractivity contribution in [3.8, 4) is 11.4 Å². The molecule has 0 aliphatic carbocycles. The largest absolute Gasteiger partial charge is 0.351 e. The predicted octanol–water partition coefficient (Wildman–Crippen LogP) is 0.661. The van der Waals surface area contributed by atoms with Crippen LogP contribution in [0, 0.1) is 0 Å². The van der Waals surface area contributed by atoms with Gasteiger partial charge < -0.3 is 9.88 Å². The van der Waals surface area contributed by atoms with Crippen molar-refractivity contribution in [1.29, 1.82) is 0 Å². The zero-order valence-corrected chi connectivity index (χ0v) is 15.5. The monoisotopic (exact) mass is 381 g/mol. The van der Waals surface area contributed by atoms with Gasteiger partial charge in [0.2, 0.25) is 5.91 Å². The van der Waals surface area contributed by atoms with Gasteiger partial charge in [-0.15, -0.1) is 10.2 Å². The molecule has 1 N–H and O–H groups in total. The molecule has 1 amide bonds. The second-order valence-corrected chi connectivity index (χ2v) is 9.51. The average molecular weight is 381 g/mol. The number of nitrogens with one attached hydrogen (secondary N) is 1. The minimum Gasteiger partial charge on any atom is -0.351 e. The first-order chi connectivity index (χ1) is 11.9. The lowest BCUT2D eigenvalue weighted by Gasteiger charge is -2.15. The standard InChI is InChI=1S/C15H19N5O3S2/c1-10(14(21)17-12-5-8-25(22,23)9-12)24-15-19-18-13(20(15)2)11-3-6-16-7-4-11/h3-4,6-7,10,12H,5,8-9H2,1-2H3,(H,17,21)/t10-,12+/m1/s1. The summed E-state index contributed by atoms with van der Waals surface area (Å²) in [5.74, 6) is 0.657. The maximum absolute atomic E-state index is 12.3.